The Bertz CT molecular complexity index is 433. The van der Waals surface area contributed by atoms with Gasteiger partial charge in [0.25, 0.3) is 5.91 Å². The third-order valence-electron chi connectivity index (χ3n) is 3.30. The number of piperidine rings is 1. The van der Waals surface area contributed by atoms with Gasteiger partial charge in [0.1, 0.15) is 0 Å². The van der Waals surface area contributed by atoms with Crippen LogP contribution in [-0.2, 0) is 4.79 Å². The lowest BCUT2D eigenvalue weighted by Gasteiger charge is -2.25. The maximum absolute atomic E-state index is 11.7. The van der Waals surface area contributed by atoms with Gasteiger partial charge in [-0.2, -0.15) is 5.10 Å². The lowest BCUT2D eigenvalue weighted by Crippen LogP contribution is -2.38. The van der Waals surface area contributed by atoms with E-state index in [-0.39, 0.29) is 5.91 Å². The average Bonchev–Trinajstić information content (AvgIpc) is 2.42. The van der Waals surface area contributed by atoms with Crippen molar-refractivity contribution in [3.63, 3.8) is 0 Å². The van der Waals surface area contributed by atoms with Gasteiger partial charge < -0.3 is 0 Å². The fourth-order valence-electron chi connectivity index (χ4n) is 2.19. The Morgan fingerprint density at radius 1 is 1.26 bits per heavy atom. The molecule has 1 fully saturated rings. The van der Waals surface area contributed by atoms with Gasteiger partial charge in [0, 0.05) is 0 Å². The number of aryl methyl sites for hydroxylation is 1. The van der Waals surface area contributed by atoms with Crippen LogP contribution < -0.4 is 5.43 Å². The Kier molecular flexibility index (Phi) is 5.10. The fraction of sp³-hybridized carbons (Fsp3) is 0.467. The predicted molar refractivity (Wildman–Crippen MR) is 77.2 cm³/mol. The molecule has 0 aliphatic carbocycles. The zero-order chi connectivity index (χ0) is 13.5. The Hall–Kier alpha value is -1.68. The molecule has 0 spiro atoms. The molecule has 0 saturated carbocycles. The summed E-state index contributed by atoms with van der Waals surface area (Å²) in [6.45, 7) is 4.54. The molecule has 0 unspecified atom stereocenters. The minimum absolute atomic E-state index is 0.0368. The Morgan fingerprint density at radius 3 is 2.63 bits per heavy atom. The lowest BCUT2D eigenvalue weighted by molar-refractivity contribution is -0.122. The summed E-state index contributed by atoms with van der Waals surface area (Å²) in [7, 11) is 0. The maximum atomic E-state index is 11.7. The number of nitrogens with one attached hydrogen (secondary N) is 1. The maximum Gasteiger partial charge on any atom is 0.254 e. The summed E-state index contributed by atoms with van der Waals surface area (Å²) in [5.74, 6) is -0.0368. The molecular formula is C15H21N3O. The summed E-state index contributed by atoms with van der Waals surface area (Å²) < 4.78 is 0. The molecule has 4 nitrogen and oxygen atoms in total. The molecular weight excluding hydrogens is 238 g/mol. The molecule has 0 aromatic heterocycles. The third kappa shape index (κ3) is 4.83. The van der Waals surface area contributed by atoms with Crippen LogP contribution in [0, 0.1) is 6.92 Å². The number of nitrogens with zero attached hydrogens (tertiary/aromatic N) is 2. The van der Waals surface area contributed by atoms with E-state index in [1.165, 1.54) is 24.8 Å². The Morgan fingerprint density at radius 2 is 1.95 bits per heavy atom. The van der Waals surface area contributed by atoms with Gasteiger partial charge in [-0.25, -0.2) is 5.43 Å². The van der Waals surface area contributed by atoms with Crippen molar-refractivity contribution in [2.75, 3.05) is 19.6 Å². The quantitative estimate of drug-likeness (QED) is 0.663. The van der Waals surface area contributed by atoms with Crippen LogP contribution >= 0.6 is 0 Å². The van der Waals surface area contributed by atoms with E-state index in [0.29, 0.717) is 6.54 Å². The van der Waals surface area contributed by atoms with Gasteiger partial charge in [0.2, 0.25) is 0 Å². The van der Waals surface area contributed by atoms with Crippen LogP contribution in [0.25, 0.3) is 0 Å². The van der Waals surface area contributed by atoms with Crippen molar-refractivity contribution in [1.82, 2.24) is 10.3 Å². The third-order valence-corrected chi connectivity index (χ3v) is 3.30. The van der Waals surface area contributed by atoms with Gasteiger partial charge in [-0.1, -0.05) is 36.2 Å². The Balaban J connectivity index is 1.74. The van der Waals surface area contributed by atoms with Crippen LogP contribution in [0.1, 0.15) is 30.4 Å². The van der Waals surface area contributed by atoms with E-state index in [4.69, 9.17) is 0 Å². The van der Waals surface area contributed by atoms with E-state index in [1.807, 2.05) is 31.2 Å². The smallest absolute Gasteiger partial charge is 0.254 e. The molecule has 1 aliphatic heterocycles. The van der Waals surface area contributed by atoms with Gasteiger partial charge in [-0.3, -0.25) is 9.69 Å². The molecule has 1 aromatic carbocycles. The summed E-state index contributed by atoms with van der Waals surface area (Å²) in [5, 5.41) is 3.99. The highest BCUT2D eigenvalue weighted by Crippen LogP contribution is 2.07. The molecule has 1 saturated heterocycles. The molecule has 19 heavy (non-hydrogen) atoms. The number of likely N-dealkylation sites (tertiary alicyclic amines) is 1. The molecule has 1 amide bonds. The van der Waals surface area contributed by atoms with Crippen LogP contribution in [0.5, 0.6) is 0 Å². The molecule has 0 atom stereocenters. The van der Waals surface area contributed by atoms with Crippen molar-refractivity contribution in [2.45, 2.75) is 26.2 Å². The van der Waals surface area contributed by atoms with Crippen LogP contribution in [0.3, 0.4) is 0 Å². The Labute approximate surface area is 114 Å². The molecule has 1 aromatic rings. The van der Waals surface area contributed by atoms with Crippen LogP contribution in [0.15, 0.2) is 29.4 Å². The first-order valence-corrected chi connectivity index (χ1v) is 6.85. The molecule has 1 N–H and O–H groups in total. The minimum atomic E-state index is -0.0368. The first-order chi connectivity index (χ1) is 9.24. The summed E-state index contributed by atoms with van der Waals surface area (Å²) in [5.41, 5.74) is 4.79. The summed E-state index contributed by atoms with van der Waals surface area (Å²) >= 11 is 0. The van der Waals surface area contributed by atoms with Crippen molar-refractivity contribution in [1.29, 1.82) is 0 Å². The minimum Gasteiger partial charge on any atom is -0.294 e. The zero-order valence-corrected chi connectivity index (χ0v) is 11.4. The molecule has 0 bridgehead atoms. The number of amides is 1. The van der Waals surface area contributed by atoms with E-state index in [1.54, 1.807) is 6.21 Å². The molecule has 2 rings (SSSR count). The van der Waals surface area contributed by atoms with E-state index < -0.39 is 0 Å². The fourth-order valence-corrected chi connectivity index (χ4v) is 2.19. The normalized spacial score (nSPS) is 16.7. The highest BCUT2D eigenvalue weighted by atomic mass is 16.2. The number of hydrazone groups is 1. The molecule has 1 aliphatic rings. The second kappa shape index (κ2) is 7.04. The first kappa shape index (κ1) is 13.7. The van der Waals surface area contributed by atoms with Gasteiger partial charge in [0.15, 0.2) is 0 Å². The van der Waals surface area contributed by atoms with Crippen LogP contribution in [0.4, 0.5) is 0 Å². The number of carbonyl (C=O) groups excluding carboxylic acids is 1. The highest BCUT2D eigenvalue weighted by molar-refractivity contribution is 5.83. The molecule has 0 radical (unpaired) electrons. The number of carbonyl (C=O) groups is 1. The first-order valence-electron chi connectivity index (χ1n) is 6.85. The summed E-state index contributed by atoms with van der Waals surface area (Å²) in [4.78, 5) is 13.9. The van der Waals surface area contributed by atoms with E-state index in [2.05, 4.69) is 15.4 Å². The van der Waals surface area contributed by atoms with E-state index in [9.17, 15) is 4.79 Å². The van der Waals surface area contributed by atoms with Crippen molar-refractivity contribution in [2.24, 2.45) is 5.10 Å². The summed E-state index contributed by atoms with van der Waals surface area (Å²) in [6.07, 6.45) is 5.34. The topological polar surface area (TPSA) is 44.7 Å². The van der Waals surface area contributed by atoms with Crippen LogP contribution in [-0.4, -0.2) is 36.7 Å². The lowest BCUT2D eigenvalue weighted by atomic mass is 10.1. The van der Waals surface area contributed by atoms with Crippen LogP contribution in [0.2, 0.25) is 0 Å². The largest absolute Gasteiger partial charge is 0.294 e. The van der Waals surface area contributed by atoms with Gasteiger partial charge in [-0.15, -0.1) is 0 Å². The van der Waals surface area contributed by atoms with E-state index in [0.717, 1.165) is 18.7 Å². The second-order valence-electron chi connectivity index (χ2n) is 5.04. The monoisotopic (exact) mass is 259 g/mol. The molecule has 102 valence electrons. The number of rotatable bonds is 4. The summed E-state index contributed by atoms with van der Waals surface area (Å²) in [6, 6.07) is 8.01. The van der Waals surface area contributed by atoms with Crippen molar-refractivity contribution < 1.29 is 4.79 Å². The molecule has 4 heteroatoms. The standard InChI is InChI=1S/C15H21N3O/c1-13-5-7-14(8-6-13)11-16-17-15(19)12-18-9-3-2-4-10-18/h5-8,11H,2-4,9-10,12H2,1H3,(H,17,19). The van der Waals surface area contributed by atoms with Gasteiger partial charge in [-0.05, 0) is 38.4 Å². The van der Waals surface area contributed by atoms with Crippen molar-refractivity contribution >= 4 is 12.1 Å². The molecule has 1 heterocycles. The zero-order valence-electron chi connectivity index (χ0n) is 11.4. The number of hydrogen-bond donors (Lipinski definition) is 1. The number of benzene rings is 1. The van der Waals surface area contributed by atoms with Gasteiger partial charge >= 0.3 is 0 Å². The van der Waals surface area contributed by atoms with Gasteiger partial charge in [0.05, 0.1) is 12.8 Å². The average molecular weight is 259 g/mol. The van der Waals surface area contributed by atoms with E-state index >= 15 is 0 Å². The van der Waals surface area contributed by atoms with Crippen molar-refractivity contribution in [3.8, 4) is 0 Å². The second-order valence-corrected chi connectivity index (χ2v) is 5.04. The SMILES string of the molecule is Cc1ccc(C=NNC(=O)CN2CCCCC2)cc1. The number of hydrogen-bond acceptors (Lipinski definition) is 3. The van der Waals surface area contributed by atoms with Crippen molar-refractivity contribution in [3.05, 3.63) is 35.4 Å². The predicted octanol–water partition coefficient (Wildman–Crippen LogP) is 1.93. The highest BCUT2D eigenvalue weighted by Gasteiger charge is 2.12.